The van der Waals surface area contributed by atoms with E-state index in [9.17, 15) is 4.39 Å². The monoisotopic (exact) mass is 279 g/mol. The van der Waals surface area contributed by atoms with Crippen molar-refractivity contribution in [1.29, 1.82) is 0 Å². The van der Waals surface area contributed by atoms with Crippen molar-refractivity contribution in [1.82, 2.24) is 14.8 Å². The summed E-state index contributed by atoms with van der Waals surface area (Å²) in [6.07, 6.45) is -0.675. The predicted octanol–water partition coefficient (Wildman–Crippen LogP) is 2.37. The van der Waals surface area contributed by atoms with E-state index in [0.29, 0.717) is 23.2 Å². The first-order chi connectivity index (χ1) is 9.29. The van der Waals surface area contributed by atoms with Crippen LogP contribution in [0.3, 0.4) is 0 Å². The van der Waals surface area contributed by atoms with Crippen LogP contribution in [0.2, 0.25) is 0 Å². The minimum Gasteiger partial charge on any atom is -0.396 e. The van der Waals surface area contributed by atoms with Gasteiger partial charge >= 0.3 is 0 Å². The van der Waals surface area contributed by atoms with E-state index >= 15 is 0 Å². The predicted molar refractivity (Wildman–Crippen MR) is 70.9 cm³/mol. The Hall–Kier alpha value is -1.40. The van der Waals surface area contributed by atoms with E-state index in [1.54, 1.807) is 4.68 Å². The molecule has 19 heavy (non-hydrogen) atoms. The van der Waals surface area contributed by atoms with Gasteiger partial charge in [0.25, 0.3) is 0 Å². The first-order valence-corrected chi connectivity index (χ1v) is 7.17. The standard InChI is InChI=1S/C13H14FN3OS/c14-10-8-11(9-4-2-1-3-5-9)17-12(10)15-13(16-17)19-7-6-18/h1-5,10-11,18H,6-8H2. The topological polar surface area (TPSA) is 50.9 Å². The maximum Gasteiger partial charge on any atom is 0.208 e. The average Bonchev–Trinajstić information content (AvgIpc) is 2.98. The summed E-state index contributed by atoms with van der Waals surface area (Å²) in [6.45, 7) is 0.0652. The number of benzene rings is 1. The zero-order chi connectivity index (χ0) is 13.2. The molecule has 0 fully saturated rings. The lowest BCUT2D eigenvalue weighted by Gasteiger charge is -2.11. The number of aromatic nitrogens is 3. The number of aliphatic hydroxyl groups is 1. The van der Waals surface area contributed by atoms with Crippen molar-refractivity contribution in [2.45, 2.75) is 23.8 Å². The van der Waals surface area contributed by atoms with Gasteiger partial charge in [-0.15, -0.1) is 5.10 Å². The van der Waals surface area contributed by atoms with E-state index in [4.69, 9.17) is 5.11 Å². The fraction of sp³-hybridized carbons (Fsp3) is 0.385. The first kappa shape index (κ1) is 12.6. The van der Waals surface area contributed by atoms with Gasteiger partial charge in [-0.2, -0.15) is 0 Å². The molecule has 2 heterocycles. The van der Waals surface area contributed by atoms with Gasteiger partial charge in [0, 0.05) is 12.2 Å². The molecule has 100 valence electrons. The van der Waals surface area contributed by atoms with Gasteiger partial charge in [-0.05, 0) is 5.56 Å². The zero-order valence-corrected chi connectivity index (χ0v) is 11.1. The minimum absolute atomic E-state index is 0.0652. The summed E-state index contributed by atoms with van der Waals surface area (Å²) in [5, 5.41) is 13.7. The van der Waals surface area contributed by atoms with E-state index in [2.05, 4.69) is 10.1 Å². The first-order valence-electron chi connectivity index (χ1n) is 6.18. The molecule has 3 rings (SSSR count). The Labute approximate surface area is 114 Å². The summed E-state index contributed by atoms with van der Waals surface area (Å²) in [5.74, 6) is 0.922. The van der Waals surface area contributed by atoms with Crippen LogP contribution < -0.4 is 0 Å². The minimum atomic E-state index is -1.07. The van der Waals surface area contributed by atoms with E-state index in [1.807, 2.05) is 30.3 Å². The van der Waals surface area contributed by atoms with Crippen LogP contribution in [-0.4, -0.2) is 32.2 Å². The molecule has 0 amide bonds. The molecule has 4 nitrogen and oxygen atoms in total. The Morgan fingerprint density at radius 3 is 2.89 bits per heavy atom. The van der Waals surface area contributed by atoms with Crippen molar-refractivity contribution in [3.8, 4) is 0 Å². The highest BCUT2D eigenvalue weighted by molar-refractivity contribution is 7.99. The summed E-state index contributed by atoms with van der Waals surface area (Å²) in [5.41, 5.74) is 1.05. The second-order valence-electron chi connectivity index (χ2n) is 4.40. The zero-order valence-electron chi connectivity index (χ0n) is 10.2. The average molecular weight is 279 g/mol. The van der Waals surface area contributed by atoms with Crippen molar-refractivity contribution >= 4 is 11.8 Å². The molecule has 0 saturated carbocycles. The Morgan fingerprint density at radius 1 is 1.37 bits per heavy atom. The van der Waals surface area contributed by atoms with Crippen LogP contribution in [-0.2, 0) is 0 Å². The van der Waals surface area contributed by atoms with Crippen molar-refractivity contribution in [3.05, 3.63) is 41.7 Å². The molecule has 1 aliphatic rings. The van der Waals surface area contributed by atoms with Crippen molar-refractivity contribution in [2.24, 2.45) is 0 Å². The molecular weight excluding hydrogens is 265 g/mol. The van der Waals surface area contributed by atoms with Gasteiger partial charge < -0.3 is 5.11 Å². The van der Waals surface area contributed by atoms with E-state index in [-0.39, 0.29) is 12.6 Å². The van der Waals surface area contributed by atoms with Gasteiger partial charge in [-0.3, -0.25) is 0 Å². The lowest BCUT2D eigenvalue weighted by atomic mass is 10.0. The van der Waals surface area contributed by atoms with Crippen molar-refractivity contribution in [2.75, 3.05) is 12.4 Å². The molecule has 2 atom stereocenters. The highest BCUT2D eigenvalue weighted by Gasteiger charge is 2.35. The fourth-order valence-corrected chi connectivity index (χ4v) is 2.89. The van der Waals surface area contributed by atoms with Gasteiger partial charge in [0.15, 0.2) is 12.0 Å². The number of rotatable bonds is 4. The number of hydrogen-bond acceptors (Lipinski definition) is 4. The normalized spacial score (nSPS) is 21.6. The summed E-state index contributed by atoms with van der Waals surface area (Å²) >= 11 is 1.34. The van der Waals surface area contributed by atoms with Crippen LogP contribution in [0.5, 0.6) is 0 Å². The number of nitrogens with zero attached hydrogens (tertiary/aromatic N) is 3. The molecule has 0 spiro atoms. The van der Waals surface area contributed by atoms with Gasteiger partial charge in [0.1, 0.15) is 0 Å². The third-order valence-electron chi connectivity index (χ3n) is 3.15. The lowest BCUT2D eigenvalue weighted by Crippen LogP contribution is -2.07. The maximum atomic E-state index is 14.0. The van der Waals surface area contributed by atoms with Crippen LogP contribution in [0.4, 0.5) is 4.39 Å². The molecule has 6 heteroatoms. The number of halogens is 1. The van der Waals surface area contributed by atoms with Gasteiger partial charge in [-0.25, -0.2) is 14.1 Å². The number of alkyl halides is 1. The van der Waals surface area contributed by atoms with E-state index < -0.39 is 6.17 Å². The number of thioether (sulfide) groups is 1. The van der Waals surface area contributed by atoms with Crippen LogP contribution >= 0.6 is 11.8 Å². The molecule has 0 radical (unpaired) electrons. The molecule has 0 saturated heterocycles. The Balaban J connectivity index is 1.90. The van der Waals surface area contributed by atoms with Gasteiger partial charge in [0.05, 0.1) is 12.6 Å². The highest BCUT2D eigenvalue weighted by atomic mass is 32.2. The summed E-state index contributed by atoms with van der Waals surface area (Å²) in [7, 11) is 0. The van der Waals surface area contributed by atoms with Crippen LogP contribution in [0, 0.1) is 0 Å². The summed E-state index contributed by atoms with van der Waals surface area (Å²) < 4.78 is 15.7. The van der Waals surface area contributed by atoms with Gasteiger partial charge in [-0.1, -0.05) is 42.1 Å². The van der Waals surface area contributed by atoms with E-state index in [1.165, 1.54) is 11.8 Å². The Kier molecular flexibility index (Phi) is 3.52. The highest BCUT2D eigenvalue weighted by Crippen LogP contribution is 2.39. The lowest BCUT2D eigenvalue weighted by molar-refractivity contribution is 0.322. The summed E-state index contributed by atoms with van der Waals surface area (Å²) in [6, 6.07) is 9.71. The Morgan fingerprint density at radius 2 is 2.16 bits per heavy atom. The SMILES string of the molecule is OCCSc1nc2n(n1)C(c1ccccc1)CC2F. The molecule has 0 bridgehead atoms. The van der Waals surface area contributed by atoms with Crippen molar-refractivity contribution < 1.29 is 9.50 Å². The van der Waals surface area contributed by atoms with E-state index in [0.717, 1.165) is 5.56 Å². The largest absolute Gasteiger partial charge is 0.396 e. The van der Waals surface area contributed by atoms with Gasteiger partial charge in [0.2, 0.25) is 5.16 Å². The third kappa shape index (κ3) is 2.37. The molecule has 1 N–H and O–H groups in total. The fourth-order valence-electron chi connectivity index (χ4n) is 2.31. The molecule has 1 aromatic heterocycles. The summed E-state index contributed by atoms with van der Waals surface area (Å²) in [4.78, 5) is 4.21. The Bertz CT molecular complexity index is 560. The van der Waals surface area contributed by atoms with Crippen LogP contribution in [0.25, 0.3) is 0 Å². The number of aliphatic hydroxyl groups excluding tert-OH is 1. The molecule has 1 aliphatic heterocycles. The maximum absolute atomic E-state index is 14.0. The second-order valence-corrected chi connectivity index (χ2v) is 5.46. The second kappa shape index (κ2) is 5.30. The molecule has 0 aliphatic carbocycles. The molecular formula is C13H14FN3OS. The number of fused-ring (bicyclic) bond motifs is 1. The third-order valence-corrected chi connectivity index (χ3v) is 3.97. The quantitative estimate of drug-likeness (QED) is 0.873. The smallest absolute Gasteiger partial charge is 0.208 e. The van der Waals surface area contributed by atoms with Crippen molar-refractivity contribution in [3.63, 3.8) is 0 Å². The van der Waals surface area contributed by atoms with Crippen LogP contribution in [0.1, 0.15) is 30.0 Å². The van der Waals surface area contributed by atoms with Crippen LogP contribution in [0.15, 0.2) is 35.5 Å². The molecule has 2 unspecified atom stereocenters. The molecule has 2 aromatic rings. The molecule has 1 aromatic carbocycles. The number of hydrogen-bond donors (Lipinski definition) is 1.